The van der Waals surface area contributed by atoms with Crippen LogP contribution in [-0.4, -0.2) is 37.7 Å². The summed E-state index contributed by atoms with van der Waals surface area (Å²) in [7, 11) is 1.52. The number of esters is 1. The lowest BCUT2D eigenvalue weighted by Crippen LogP contribution is -2.24. The molecule has 2 amide bonds. The molecule has 0 bridgehead atoms. The fourth-order valence-electron chi connectivity index (χ4n) is 3.31. The van der Waals surface area contributed by atoms with Crippen LogP contribution in [0.25, 0.3) is 0 Å². The van der Waals surface area contributed by atoms with Gasteiger partial charge in [0, 0.05) is 5.02 Å². The number of ketones is 1. The average Bonchev–Trinajstić information content (AvgIpc) is 3.19. The highest BCUT2D eigenvalue weighted by atomic mass is 35.5. The first-order chi connectivity index (χ1) is 17.7. The Morgan fingerprint density at radius 2 is 1.84 bits per heavy atom. The lowest BCUT2D eigenvalue weighted by atomic mass is 10.1. The Hall–Kier alpha value is -3.89. The predicted octanol–water partition coefficient (Wildman–Crippen LogP) is 5.83. The first kappa shape index (κ1) is 27.7. The SMILES string of the molecule is CCOC(=O)c1c(NC(=O)NN=Cc2ccc(OCc3ccc(Cl)cc3)c(OC)c2)sc(C(C)=O)c1C. The van der Waals surface area contributed by atoms with Gasteiger partial charge in [-0.25, -0.2) is 15.0 Å². The minimum absolute atomic E-state index is 0.148. The number of amides is 2. The second-order valence-electron chi connectivity index (χ2n) is 7.69. The van der Waals surface area contributed by atoms with E-state index in [-0.39, 0.29) is 23.0 Å². The molecule has 0 aliphatic heterocycles. The Kier molecular flexibility index (Phi) is 9.64. The van der Waals surface area contributed by atoms with E-state index in [1.165, 1.54) is 20.2 Å². The van der Waals surface area contributed by atoms with Gasteiger partial charge < -0.3 is 14.2 Å². The molecule has 0 aliphatic rings. The molecule has 0 saturated heterocycles. The van der Waals surface area contributed by atoms with E-state index in [4.69, 9.17) is 25.8 Å². The number of carbonyl (C=O) groups excluding carboxylic acids is 3. The number of methoxy groups -OCH3 is 1. The number of halogens is 1. The second-order valence-corrected chi connectivity index (χ2v) is 9.14. The number of nitrogens with zero attached hydrogens (tertiary/aromatic N) is 1. The van der Waals surface area contributed by atoms with Crippen molar-refractivity contribution in [1.29, 1.82) is 0 Å². The van der Waals surface area contributed by atoms with Crippen molar-refractivity contribution in [2.45, 2.75) is 27.4 Å². The number of benzene rings is 2. The van der Waals surface area contributed by atoms with E-state index in [0.717, 1.165) is 16.9 Å². The van der Waals surface area contributed by atoms with Crippen molar-refractivity contribution in [1.82, 2.24) is 5.43 Å². The van der Waals surface area contributed by atoms with Crippen molar-refractivity contribution in [3.05, 3.63) is 74.6 Å². The largest absolute Gasteiger partial charge is 0.493 e. The number of nitrogens with one attached hydrogen (secondary N) is 2. The fourth-order valence-corrected chi connectivity index (χ4v) is 4.52. The van der Waals surface area contributed by atoms with Gasteiger partial charge in [0.15, 0.2) is 17.3 Å². The minimum atomic E-state index is -0.687. The molecule has 37 heavy (non-hydrogen) atoms. The first-order valence-electron chi connectivity index (χ1n) is 11.2. The number of rotatable bonds is 10. The number of urea groups is 1. The van der Waals surface area contributed by atoms with E-state index in [1.54, 1.807) is 44.2 Å². The zero-order valence-electron chi connectivity index (χ0n) is 20.7. The quantitative estimate of drug-likeness (QED) is 0.144. The molecular weight excluding hydrogens is 518 g/mol. The molecule has 194 valence electrons. The Bertz CT molecular complexity index is 1320. The van der Waals surface area contributed by atoms with Crippen molar-refractivity contribution >= 4 is 51.9 Å². The zero-order valence-corrected chi connectivity index (χ0v) is 22.3. The maximum absolute atomic E-state index is 12.4. The fraction of sp³-hybridized carbons (Fsp3) is 0.231. The first-order valence-corrected chi connectivity index (χ1v) is 12.4. The van der Waals surface area contributed by atoms with Gasteiger partial charge in [0.1, 0.15) is 11.6 Å². The highest BCUT2D eigenvalue weighted by Crippen LogP contribution is 2.34. The number of anilines is 1. The Morgan fingerprint density at radius 1 is 1.11 bits per heavy atom. The molecular formula is C26H26ClN3O6S. The van der Waals surface area contributed by atoms with Gasteiger partial charge in [-0.15, -0.1) is 11.3 Å². The Balaban J connectivity index is 1.65. The molecule has 0 fully saturated rings. The molecule has 3 aromatic rings. The summed E-state index contributed by atoms with van der Waals surface area (Å²) in [4.78, 5) is 37.1. The summed E-state index contributed by atoms with van der Waals surface area (Å²) in [5.74, 6) is 0.204. The molecule has 0 saturated carbocycles. The van der Waals surface area contributed by atoms with Gasteiger partial charge in [-0.05, 0) is 67.8 Å². The number of Topliss-reactive ketones (excluding diaryl/α,β-unsaturated/α-hetero) is 1. The van der Waals surface area contributed by atoms with Crippen LogP contribution in [0, 0.1) is 6.92 Å². The van der Waals surface area contributed by atoms with Crippen LogP contribution >= 0.6 is 22.9 Å². The summed E-state index contributed by atoms with van der Waals surface area (Å²) in [5, 5.41) is 7.37. The summed E-state index contributed by atoms with van der Waals surface area (Å²) in [6, 6.07) is 11.8. The molecule has 9 nitrogen and oxygen atoms in total. The third-order valence-electron chi connectivity index (χ3n) is 5.05. The van der Waals surface area contributed by atoms with Crippen molar-refractivity contribution in [3.63, 3.8) is 0 Å². The van der Waals surface area contributed by atoms with Gasteiger partial charge in [0.25, 0.3) is 0 Å². The predicted molar refractivity (Wildman–Crippen MR) is 144 cm³/mol. The lowest BCUT2D eigenvalue weighted by molar-refractivity contribution is 0.0527. The topological polar surface area (TPSA) is 115 Å². The van der Waals surface area contributed by atoms with Crippen LogP contribution in [0.5, 0.6) is 11.5 Å². The standard InChI is InChI=1S/C26H26ClN3O6S/c1-5-35-25(32)22-15(2)23(16(3)31)37-24(22)29-26(33)30-28-13-18-8-11-20(21(12-18)34-4)36-14-17-6-9-19(27)10-7-17/h6-13H,5,14H2,1-4H3,(H2,29,30,33). The smallest absolute Gasteiger partial charge is 0.341 e. The van der Waals surface area contributed by atoms with Gasteiger partial charge in [-0.2, -0.15) is 5.10 Å². The van der Waals surface area contributed by atoms with Crippen molar-refractivity contribution in [3.8, 4) is 11.5 Å². The summed E-state index contributed by atoms with van der Waals surface area (Å²) in [6.07, 6.45) is 1.43. The second kappa shape index (κ2) is 12.9. The number of thiophene rings is 1. The molecule has 2 aromatic carbocycles. The van der Waals surface area contributed by atoms with E-state index in [0.29, 0.717) is 39.1 Å². The highest BCUT2D eigenvalue weighted by Gasteiger charge is 2.25. The minimum Gasteiger partial charge on any atom is -0.493 e. The van der Waals surface area contributed by atoms with E-state index >= 15 is 0 Å². The molecule has 1 heterocycles. The summed E-state index contributed by atoms with van der Waals surface area (Å²) in [6.45, 7) is 5.20. The van der Waals surface area contributed by atoms with Crippen LogP contribution in [0.4, 0.5) is 9.80 Å². The molecule has 0 atom stereocenters. The summed E-state index contributed by atoms with van der Waals surface area (Å²) < 4.78 is 16.3. The lowest BCUT2D eigenvalue weighted by Gasteiger charge is -2.11. The van der Waals surface area contributed by atoms with Crippen molar-refractivity contribution < 1.29 is 28.6 Å². The normalized spacial score (nSPS) is 10.7. The van der Waals surface area contributed by atoms with Crippen LogP contribution in [0.1, 0.15) is 50.6 Å². The van der Waals surface area contributed by atoms with Gasteiger partial charge in [-0.3, -0.25) is 10.1 Å². The van der Waals surface area contributed by atoms with E-state index in [9.17, 15) is 14.4 Å². The number of carbonyl (C=O) groups is 3. The monoisotopic (exact) mass is 543 g/mol. The number of hydrazone groups is 1. The summed E-state index contributed by atoms with van der Waals surface area (Å²) >= 11 is 6.92. The van der Waals surface area contributed by atoms with E-state index in [2.05, 4.69) is 15.8 Å². The van der Waals surface area contributed by atoms with E-state index < -0.39 is 12.0 Å². The van der Waals surface area contributed by atoms with Crippen LogP contribution in [0.2, 0.25) is 5.02 Å². The van der Waals surface area contributed by atoms with Crippen LogP contribution in [0.3, 0.4) is 0 Å². The molecule has 0 spiro atoms. The molecule has 0 radical (unpaired) electrons. The van der Waals surface area contributed by atoms with Crippen molar-refractivity contribution in [2.75, 3.05) is 19.0 Å². The van der Waals surface area contributed by atoms with Gasteiger partial charge in [0.05, 0.1) is 30.4 Å². The molecule has 0 unspecified atom stereocenters. The molecule has 1 aromatic heterocycles. The summed E-state index contributed by atoms with van der Waals surface area (Å²) in [5.41, 5.74) is 4.55. The molecule has 3 rings (SSSR count). The number of hydrogen-bond acceptors (Lipinski definition) is 8. The van der Waals surface area contributed by atoms with Crippen molar-refractivity contribution in [2.24, 2.45) is 5.10 Å². The maximum Gasteiger partial charge on any atom is 0.341 e. The van der Waals surface area contributed by atoms with Crippen LogP contribution in [0.15, 0.2) is 47.6 Å². The molecule has 11 heteroatoms. The molecule has 2 N–H and O–H groups in total. The maximum atomic E-state index is 12.4. The van der Waals surface area contributed by atoms with Crippen LogP contribution in [-0.2, 0) is 11.3 Å². The third kappa shape index (κ3) is 7.31. The van der Waals surface area contributed by atoms with Gasteiger partial charge in [-0.1, -0.05) is 23.7 Å². The van der Waals surface area contributed by atoms with Gasteiger partial charge in [0.2, 0.25) is 0 Å². The Morgan fingerprint density at radius 3 is 2.49 bits per heavy atom. The van der Waals surface area contributed by atoms with Crippen LogP contribution < -0.4 is 20.2 Å². The Labute approximate surface area is 223 Å². The third-order valence-corrected chi connectivity index (χ3v) is 6.61. The van der Waals surface area contributed by atoms with Gasteiger partial charge >= 0.3 is 12.0 Å². The average molecular weight is 544 g/mol. The molecule has 0 aliphatic carbocycles. The van der Waals surface area contributed by atoms with E-state index in [1.807, 2.05) is 12.1 Å². The number of ether oxygens (including phenoxy) is 3. The zero-order chi connectivity index (χ0) is 26.9. The highest BCUT2D eigenvalue weighted by molar-refractivity contribution is 7.18. The number of hydrogen-bond donors (Lipinski definition) is 2.